The summed E-state index contributed by atoms with van der Waals surface area (Å²) < 4.78 is 43.2. The number of benzene rings is 2. The summed E-state index contributed by atoms with van der Waals surface area (Å²) in [5.74, 6) is 0.123. The van der Waals surface area contributed by atoms with E-state index in [9.17, 15) is 13.2 Å². The Balaban J connectivity index is 2.13. The van der Waals surface area contributed by atoms with Gasteiger partial charge in [-0.25, -0.2) is 8.42 Å². The van der Waals surface area contributed by atoms with Crippen molar-refractivity contribution in [1.29, 1.82) is 0 Å². The lowest BCUT2D eigenvalue weighted by Gasteiger charge is -2.34. The first-order chi connectivity index (χ1) is 12.9. The lowest BCUT2D eigenvalue weighted by Crippen LogP contribution is -2.49. The Kier molecular flexibility index (Phi) is 5.38. The highest BCUT2D eigenvalue weighted by atomic mass is 32.2. The van der Waals surface area contributed by atoms with Gasteiger partial charge in [0.1, 0.15) is 6.04 Å². The summed E-state index contributed by atoms with van der Waals surface area (Å²) in [5, 5.41) is 0. The van der Waals surface area contributed by atoms with Gasteiger partial charge in [-0.3, -0.25) is 4.79 Å². The topological polar surface area (TPSA) is 82.1 Å². The number of carbonyl (C=O) groups is 1. The summed E-state index contributed by atoms with van der Waals surface area (Å²) in [5.41, 5.74) is 1.27. The van der Waals surface area contributed by atoms with Gasteiger partial charge >= 0.3 is 5.97 Å². The van der Waals surface area contributed by atoms with Crippen LogP contribution < -0.4 is 9.47 Å². The van der Waals surface area contributed by atoms with E-state index >= 15 is 0 Å². The van der Waals surface area contributed by atoms with Crippen molar-refractivity contribution >= 4 is 16.0 Å². The van der Waals surface area contributed by atoms with Crippen LogP contribution in [0.2, 0.25) is 0 Å². The van der Waals surface area contributed by atoms with Crippen molar-refractivity contribution in [2.45, 2.75) is 23.9 Å². The van der Waals surface area contributed by atoms with Gasteiger partial charge in [-0.15, -0.1) is 0 Å². The van der Waals surface area contributed by atoms with Gasteiger partial charge in [0.25, 0.3) is 0 Å². The molecule has 2 aromatic rings. The summed E-state index contributed by atoms with van der Waals surface area (Å²) in [7, 11) is 0.220. The van der Waals surface area contributed by atoms with Gasteiger partial charge in [0.05, 0.1) is 26.2 Å². The summed E-state index contributed by atoms with van der Waals surface area (Å²) in [6.45, 7) is 0.0662. The zero-order valence-electron chi connectivity index (χ0n) is 15.3. The molecule has 1 atom stereocenters. The monoisotopic (exact) mass is 391 g/mol. The van der Waals surface area contributed by atoms with Crippen molar-refractivity contribution < 1.29 is 27.4 Å². The molecule has 0 radical (unpaired) electrons. The molecule has 0 N–H and O–H groups in total. The van der Waals surface area contributed by atoms with Gasteiger partial charge in [0, 0.05) is 19.0 Å². The van der Waals surface area contributed by atoms with Gasteiger partial charge in [-0.1, -0.05) is 30.3 Å². The van der Waals surface area contributed by atoms with Crippen LogP contribution in [-0.4, -0.2) is 46.1 Å². The van der Waals surface area contributed by atoms with Gasteiger partial charge in [0.15, 0.2) is 11.5 Å². The van der Waals surface area contributed by atoms with E-state index in [1.165, 1.54) is 31.7 Å². The SMILES string of the molecule is COC(=O)C1Cc2cc(OC)c(OC)cc2S(=O)(=O)N1Cc1ccccc1. The number of rotatable bonds is 5. The average molecular weight is 391 g/mol. The number of methoxy groups -OCH3 is 3. The number of hydrogen-bond acceptors (Lipinski definition) is 6. The van der Waals surface area contributed by atoms with Crippen molar-refractivity contribution in [3.63, 3.8) is 0 Å². The van der Waals surface area contributed by atoms with Crippen LogP contribution in [0.4, 0.5) is 0 Å². The smallest absolute Gasteiger partial charge is 0.324 e. The Labute approximate surface area is 158 Å². The molecular weight excluding hydrogens is 370 g/mol. The van der Waals surface area contributed by atoms with Gasteiger partial charge in [-0.05, 0) is 17.2 Å². The third kappa shape index (κ3) is 3.50. The van der Waals surface area contributed by atoms with Crippen LogP contribution in [0.3, 0.4) is 0 Å². The Morgan fingerprint density at radius 3 is 2.30 bits per heavy atom. The standard InChI is InChI=1S/C19H21NO6S/c1-24-16-10-14-9-15(19(21)26-3)20(12-13-7-5-4-6-8-13)27(22,23)18(14)11-17(16)25-2/h4-8,10-11,15H,9,12H2,1-3H3. The number of hydrogen-bond donors (Lipinski definition) is 0. The van der Waals surface area contributed by atoms with Crippen LogP contribution in [0.25, 0.3) is 0 Å². The molecule has 0 saturated heterocycles. The molecule has 0 aliphatic carbocycles. The second kappa shape index (κ2) is 7.58. The Bertz CT molecular complexity index is 942. The summed E-state index contributed by atoms with van der Waals surface area (Å²) in [6, 6.07) is 11.2. The zero-order valence-corrected chi connectivity index (χ0v) is 16.2. The maximum atomic E-state index is 13.3. The second-order valence-electron chi connectivity index (χ2n) is 6.09. The second-order valence-corrected chi connectivity index (χ2v) is 7.95. The van der Waals surface area contributed by atoms with E-state index in [0.29, 0.717) is 17.1 Å². The van der Waals surface area contributed by atoms with E-state index in [-0.39, 0.29) is 17.9 Å². The van der Waals surface area contributed by atoms with Crippen molar-refractivity contribution in [1.82, 2.24) is 4.31 Å². The number of esters is 1. The fourth-order valence-corrected chi connectivity index (χ4v) is 5.00. The molecule has 0 spiro atoms. The van der Waals surface area contributed by atoms with Crippen LogP contribution in [0.5, 0.6) is 11.5 Å². The predicted octanol–water partition coefficient (Wildman–Crippen LogP) is 1.99. The fourth-order valence-electron chi connectivity index (χ4n) is 3.20. The minimum Gasteiger partial charge on any atom is -0.493 e. The van der Waals surface area contributed by atoms with Gasteiger partial charge in [0.2, 0.25) is 10.0 Å². The average Bonchev–Trinajstić information content (AvgIpc) is 2.69. The van der Waals surface area contributed by atoms with E-state index in [2.05, 4.69) is 0 Å². The quantitative estimate of drug-likeness (QED) is 0.725. The molecule has 3 rings (SSSR count). The zero-order chi connectivity index (χ0) is 19.6. The highest BCUT2D eigenvalue weighted by Gasteiger charge is 2.43. The first-order valence-electron chi connectivity index (χ1n) is 8.31. The third-order valence-electron chi connectivity index (χ3n) is 4.57. The van der Waals surface area contributed by atoms with Crippen molar-refractivity contribution in [2.24, 2.45) is 0 Å². The first kappa shape index (κ1) is 19.2. The van der Waals surface area contributed by atoms with E-state index in [4.69, 9.17) is 14.2 Å². The number of sulfonamides is 1. The van der Waals surface area contributed by atoms with E-state index < -0.39 is 22.0 Å². The fraction of sp³-hybridized carbons (Fsp3) is 0.316. The molecule has 1 aliphatic rings. The first-order valence-corrected chi connectivity index (χ1v) is 9.75. The maximum absolute atomic E-state index is 13.3. The molecular formula is C19H21NO6S. The molecule has 1 unspecified atom stereocenters. The predicted molar refractivity (Wildman–Crippen MR) is 98.2 cm³/mol. The van der Waals surface area contributed by atoms with Crippen LogP contribution >= 0.6 is 0 Å². The molecule has 2 aromatic carbocycles. The Morgan fingerprint density at radius 2 is 1.70 bits per heavy atom. The molecule has 0 saturated carbocycles. The lowest BCUT2D eigenvalue weighted by atomic mass is 10.0. The third-order valence-corrected chi connectivity index (χ3v) is 6.51. The number of nitrogens with zero attached hydrogens (tertiary/aromatic N) is 1. The van der Waals surface area contributed by atoms with Gasteiger partial charge < -0.3 is 14.2 Å². The van der Waals surface area contributed by atoms with Crippen LogP contribution in [0.15, 0.2) is 47.4 Å². The Hall–Kier alpha value is -2.58. The van der Waals surface area contributed by atoms with Gasteiger partial charge in [-0.2, -0.15) is 4.31 Å². The van der Waals surface area contributed by atoms with Crippen LogP contribution in [0, 0.1) is 0 Å². The van der Waals surface area contributed by atoms with Crippen LogP contribution in [-0.2, 0) is 32.5 Å². The number of fused-ring (bicyclic) bond motifs is 1. The van der Waals surface area contributed by atoms with E-state index in [1.54, 1.807) is 6.07 Å². The maximum Gasteiger partial charge on any atom is 0.324 e. The molecule has 8 heteroatoms. The lowest BCUT2D eigenvalue weighted by molar-refractivity contribution is -0.145. The van der Waals surface area contributed by atoms with Crippen LogP contribution in [0.1, 0.15) is 11.1 Å². The molecule has 144 valence electrons. The summed E-state index contributed by atoms with van der Waals surface area (Å²) in [6.07, 6.45) is 0.189. The molecule has 0 amide bonds. The molecule has 1 heterocycles. The molecule has 27 heavy (non-hydrogen) atoms. The molecule has 0 fully saturated rings. The Morgan fingerprint density at radius 1 is 1.07 bits per heavy atom. The molecule has 0 aromatic heterocycles. The largest absolute Gasteiger partial charge is 0.493 e. The minimum absolute atomic E-state index is 0.0662. The molecule has 1 aliphatic heterocycles. The van der Waals surface area contributed by atoms with E-state index in [1.807, 2.05) is 30.3 Å². The van der Waals surface area contributed by atoms with Crippen molar-refractivity contribution in [2.75, 3.05) is 21.3 Å². The van der Waals surface area contributed by atoms with Crippen molar-refractivity contribution in [3.05, 3.63) is 53.6 Å². The number of ether oxygens (including phenoxy) is 3. The van der Waals surface area contributed by atoms with E-state index in [0.717, 1.165) is 5.56 Å². The highest BCUT2D eigenvalue weighted by Crippen LogP contribution is 2.39. The minimum atomic E-state index is -3.95. The summed E-state index contributed by atoms with van der Waals surface area (Å²) in [4.78, 5) is 12.5. The van der Waals surface area contributed by atoms with Crippen molar-refractivity contribution in [3.8, 4) is 11.5 Å². The summed E-state index contributed by atoms with van der Waals surface area (Å²) >= 11 is 0. The highest BCUT2D eigenvalue weighted by molar-refractivity contribution is 7.89. The normalized spacial score (nSPS) is 18.4. The molecule has 7 nitrogen and oxygen atoms in total. The molecule has 0 bridgehead atoms. The number of carbonyl (C=O) groups excluding carboxylic acids is 1.